The second-order valence-corrected chi connectivity index (χ2v) is 5.53. The maximum absolute atomic E-state index is 5.79. The third-order valence-electron chi connectivity index (χ3n) is 4.28. The fourth-order valence-corrected chi connectivity index (χ4v) is 3.15. The van der Waals surface area contributed by atoms with Crippen LogP contribution < -0.4 is 10.1 Å². The lowest BCUT2D eigenvalue weighted by Gasteiger charge is -2.22. The van der Waals surface area contributed by atoms with Gasteiger partial charge in [-0.15, -0.1) is 0 Å². The van der Waals surface area contributed by atoms with E-state index in [1.165, 1.54) is 24.0 Å². The van der Waals surface area contributed by atoms with E-state index in [4.69, 9.17) is 9.47 Å². The van der Waals surface area contributed by atoms with Gasteiger partial charge in [0.2, 0.25) is 0 Å². The quantitative estimate of drug-likeness (QED) is 0.882. The monoisotopic (exact) mass is 261 g/mol. The fraction of sp³-hybridized carbons (Fsp3) is 0.625. The summed E-state index contributed by atoms with van der Waals surface area (Å²) in [6.07, 6.45) is 6.12. The highest BCUT2D eigenvalue weighted by Gasteiger charge is 2.24. The normalized spacial score (nSPS) is 23.1. The Morgan fingerprint density at radius 3 is 3.11 bits per heavy atom. The van der Waals surface area contributed by atoms with E-state index in [9.17, 15) is 0 Å². The average Bonchev–Trinajstić information content (AvgIpc) is 3.10. The third-order valence-corrected chi connectivity index (χ3v) is 4.28. The molecule has 2 atom stereocenters. The number of rotatable bonds is 5. The van der Waals surface area contributed by atoms with Crippen molar-refractivity contribution in [2.75, 3.05) is 20.3 Å². The van der Waals surface area contributed by atoms with Crippen LogP contribution in [0.15, 0.2) is 18.2 Å². The summed E-state index contributed by atoms with van der Waals surface area (Å²) in [6.45, 7) is 1.77. The SMILES string of the molecule is CNC(CCc1ccc2c(c1)CCO2)C1CCCO1. The molecule has 104 valence electrons. The standard InChI is InChI=1S/C16H23NO2/c1-17-14(16-3-2-9-18-16)6-4-12-5-7-15-13(11-12)8-10-19-15/h5,7,11,14,16-17H,2-4,6,8-10H2,1H3. The van der Waals surface area contributed by atoms with E-state index in [0.717, 1.165) is 38.2 Å². The molecule has 19 heavy (non-hydrogen) atoms. The van der Waals surface area contributed by atoms with Gasteiger partial charge in [-0.25, -0.2) is 0 Å². The molecule has 1 N–H and O–H groups in total. The summed E-state index contributed by atoms with van der Waals surface area (Å²) in [6, 6.07) is 7.11. The van der Waals surface area contributed by atoms with Gasteiger partial charge in [0.05, 0.1) is 12.7 Å². The molecule has 1 fully saturated rings. The van der Waals surface area contributed by atoms with Crippen molar-refractivity contribution >= 4 is 0 Å². The van der Waals surface area contributed by atoms with Gasteiger partial charge in [-0.1, -0.05) is 12.1 Å². The van der Waals surface area contributed by atoms with E-state index >= 15 is 0 Å². The maximum atomic E-state index is 5.79. The molecular formula is C16H23NO2. The van der Waals surface area contributed by atoms with Crippen molar-refractivity contribution in [2.24, 2.45) is 0 Å². The Kier molecular flexibility index (Phi) is 4.04. The van der Waals surface area contributed by atoms with E-state index in [0.29, 0.717) is 12.1 Å². The third kappa shape index (κ3) is 2.93. The van der Waals surface area contributed by atoms with Crippen LogP contribution in [0.4, 0.5) is 0 Å². The lowest BCUT2D eigenvalue weighted by molar-refractivity contribution is 0.0782. The van der Waals surface area contributed by atoms with Crippen molar-refractivity contribution in [2.45, 2.75) is 44.2 Å². The Labute approximate surface area is 115 Å². The van der Waals surface area contributed by atoms with Crippen molar-refractivity contribution in [3.8, 4) is 5.75 Å². The molecule has 2 aliphatic rings. The van der Waals surface area contributed by atoms with Crippen molar-refractivity contribution in [1.29, 1.82) is 0 Å². The molecule has 0 aliphatic carbocycles. The highest BCUT2D eigenvalue weighted by atomic mass is 16.5. The predicted molar refractivity (Wildman–Crippen MR) is 75.8 cm³/mol. The molecule has 3 heteroatoms. The Morgan fingerprint density at radius 2 is 2.32 bits per heavy atom. The Bertz CT molecular complexity index is 427. The van der Waals surface area contributed by atoms with E-state index in [1.807, 2.05) is 7.05 Å². The van der Waals surface area contributed by atoms with Gasteiger partial charge in [0.1, 0.15) is 5.75 Å². The van der Waals surface area contributed by atoms with Crippen LogP contribution in [-0.2, 0) is 17.6 Å². The lowest BCUT2D eigenvalue weighted by atomic mass is 9.98. The van der Waals surface area contributed by atoms with E-state index in [1.54, 1.807) is 0 Å². The molecule has 2 heterocycles. The van der Waals surface area contributed by atoms with Gasteiger partial charge in [-0.3, -0.25) is 0 Å². The first-order valence-corrected chi connectivity index (χ1v) is 7.40. The van der Waals surface area contributed by atoms with Crippen LogP contribution in [0.1, 0.15) is 30.4 Å². The highest BCUT2D eigenvalue weighted by molar-refractivity contribution is 5.39. The molecule has 0 spiro atoms. The number of hydrogen-bond acceptors (Lipinski definition) is 3. The largest absolute Gasteiger partial charge is 0.493 e. The summed E-state index contributed by atoms with van der Waals surface area (Å²) in [5.41, 5.74) is 2.79. The van der Waals surface area contributed by atoms with Crippen LogP contribution in [0, 0.1) is 0 Å². The minimum atomic E-state index is 0.405. The van der Waals surface area contributed by atoms with Crippen molar-refractivity contribution in [3.05, 3.63) is 29.3 Å². The molecule has 0 amide bonds. The van der Waals surface area contributed by atoms with Gasteiger partial charge in [0.15, 0.2) is 0 Å². The second kappa shape index (κ2) is 5.93. The number of ether oxygens (including phenoxy) is 2. The number of likely N-dealkylation sites (N-methyl/N-ethyl adjacent to an activating group) is 1. The number of benzene rings is 1. The van der Waals surface area contributed by atoms with Gasteiger partial charge in [-0.05, 0) is 49.9 Å². The molecule has 3 nitrogen and oxygen atoms in total. The average molecular weight is 261 g/mol. The fourth-order valence-electron chi connectivity index (χ4n) is 3.15. The summed E-state index contributed by atoms with van der Waals surface area (Å²) in [4.78, 5) is 0. The first kappa shape index (κ1) is 12.9. The smallest absolute Gasteiger partial charge is 0.122 e. The van der Waals surface area contributed by atoms with Gasteiger partial charge >= 0.3 is 0 Å². The van der Waals surface area contributed by atoms with Crippen molar-refractivity contribution in [3.63, 3.8) is 0 Å². The summed E-state index contributed by atoms with van der Waals surface area (Å²) in [5, 5.41) is 3.42. The topological polar surface area (TPSA) is 30.5 Å². The molecule has 1 aromatic rings. The maximum Gasteiger partial charge on any atom is 0.122 e. The summed E-state index contributed by atoms with van der Waals surface area (Å²) < 4.78 is 11.3. The van der Waals surface area contributed by atoms with Crippen LogP contribution >= 0.6 is 0 Å². The second-order valence-electron chi connectivity index (χ2n) is 5.53. The van der Waals surface area contributed by atoms with Crippen molar-refractivity contribution < 1.29 is 9.47 Å². The summed E-state index contributed by atoms with van der Waals surface area (Å²) in [5.74, 6) is 1.08. The first-order chi connectivity index (χ1) is 9.36. The lowest BCUT2D eigenvalue weighted by Crippen LogP contribution is -2.37. The van der Waals surface area contributed by atoms with Crippen molar-refractivity contribution in [1.82, 2.24) is 5.32 Å². The van der Waals surface area contributed by atoms with Crippen LogP contribution in [0.3, 0.4) is 0 Å². The van der Waals surface area contributed by atoms with Gasteiger partial charge < -0.3 is 14.8 Å². The van der Waals surface area contributed by atoms with Gasteiger partial charge in [-0.2, -0.15) is 0 Å². The minimum Gasteiger partial charge on any atom is -0.493 e. The minimum absolute atomic E-state index is 0.405. The van der Waals surface area contributed by atoms with Crippen LogP contribution in [0.2, 0.25) is 0 Å². The zero-order valence-corrected chi connectivity index (χ0v) is 11.7. The molecule has 0 aromatic heterocycles. The Balaban J connectivity index is 1.58. The zero-order chi connectivity index (χ0) is 13.1. The molecular weight excluding hydrogens is 238 g/mol. The highest BCUT2D eigenvalue weighted by Crippen LogP contribution is 2.27. The Morgan fingerprint density at radius 1 is 1.37 bits per heavy atom. The molecule has 3 rings (SSSR count). The molecule has 2 unspecified atom stereocenters. The van der Waals surface area contributed by atoms with Gasteiger partial charge in [0, 0.05) is 19.1 Å². The van der Waals surface area contributed by atoms with Crippen LogP contribution in [0.25, 0.3) is 0 Å². The number of hydrogen-bond donors (Lipinski definition) is 1. The number of fused-ring (bicyclic) bond motifs is 1. The van der Waals surface area contributed by atoms with Crippen LogP contribution in [-0.4, -0.2) is 32.4 Å². The van der Waals surface area contributed by atoms with Gasteiger partial charge in [0.25, 0.3) is 0 Å². The number of nitrogens with one attached hydrogen (secondary N) is 1. The Hall–Kier alpha value is -1.06. The zero-order valence-electron chi connectivity index (χ0n) is 11.7. The number of aryl methyl sites for hydroxylation is 1. The summed E-state index contributed by atoms with van der Waals surface area (Å²) >= 11 is 0. The molecule has 0 saturated carbocycles. The molecule has 0 radical (unpaired) electrons. The van der Waals surface area contributed by atoms with E-state index < -0.39 is 0 Å². The summed E-state index contributed by atoms with van der Waals surface area (Å²) in [7, 11) is 2.04. The molecule has 1 aromatic carbocycles. The predicted octanol–water partition coefficient (Wildman–Crippen LogP) is 2.32. The van der Waals surface area contributed by atoms with Crippen LogP contribution in [0.5, 0.6) is 5.75 Å². The molecule has 0 bridgehead atoms. The molecule has 2 aliphatic heterocycles. The van der Waals surface area contributed by atoms with E-state index in [2.05, 4.69) is 23.5 Å². The first-order valence-electron chi connectivity index (χ1n) is 7.40. The van der Waals surface area contributed by atoms with E-state index in [-0.39, 0.29) is 0 Å². The molecule has 1 saturated heterocycles.